The van der Waals surface area contributed by atoms with Crippen LogP contribution in [0.2, 0.25) is 0 Å². The van der Waals surface area contributed by atoms with Crippen LogP contribution >= 0.6 is 11.3 Å². The molecule has 3 aromatic rings. The fourth-order valence-corrected chi connectivity index (χ4v) is 2.74. The van der Waals surface area contributed by atoms with Crippen LogP contribution in [0.4, 0.5) is 5.69 Å². The van der Waals surface area contributed by atoms with Gasteiger partial charge in [-0.25, -0.2) is 4.79 Å². The van der Waals surface area contributed by atoms with E-state index in [-0.39, 0.29) is 11.6 Å². The van der Waals surface area contributed by atoms with Crippen LogP contribution in [0.1, 0.15) is 32.9 Å². The monoisotopic (exact) mass is 331 g/mol. The summed E-state index contributed by atoms with van der Waals surface area (Å²) in [6.45, 7) is 3.73. The van der Waals surface area contributed by atoms with Gasteiger partial charge in [-0.05, 0) is 26.0 Å². The molecule has 9 heteroatoms. The number of nitrogens with zero attached hydrogens (tertiary/aromatic N) is 4. The molecule has 0 fully saturated rings. The van der Waals surface area contributed by atoms with E-state index in [1.165, 1.54) is 4.52 Å². The average Bonchev–Trinajstić information content (AvgIpc) is 3.11. The Morgan fingerprint density at radius 3 is 2.83 bits per heavy atom. The Labute approximate surface area is 135 Å². The molecular weight excluding hydrogens is 318 g/mol. The van der Waals surface area contributed by atoms with Gasteiger partial charge in [0.1, 0.15) is 0 Å². The Balaban J connectivity index is 1.86. The van der Waals surface area contributed by atoms with E-state index in [9.17, 15) is 9.59 Å². The number of fused-ring (bicyclic) bond motifs is 1. The molecule has 1 aromatic carbocycles. The average molecular weight is 331 g/mol. The van der Waals surface area contributed by atoms with Gasteiger partial charge in [-0.1, -0.05) is 23.5 Å². The number of hydrogen-bond donors (Lipinski definition) is 1. The van der Waals surface area contributed by atoms with Gasteiger partial charge in [0.25, 0.3) is 5.91 Å². The van der Waals surface area contributed by atoms with Crippen molar-refractivity contribution in [2.45, 2.75) is 13.8 Å². The summed E-state index contributed by atoms with van der Waals surface area (Å²) < 4.78 is 6.48. The van der Waals surface area contributed by atoms with Crippen molar-refractivity contribution in [3.8, 4) is 0 Å². The number of carbonyl (C=O) groups excluding carboxylic acids is 2. The fourth-order valence-electron chi connectivity index (χ4n) is 1.96. The number of carbonyl (C=O) groups is 2. The number of benzene rings is 1. The Morgan fingerprint density at radius 2 is 2.09 bits per heavy atom. The molecular formula is C14H13N5O3S. The number of para-hydroxylation sites is 1. The summed E-state index contributed by atoms with van der Waals surface area (Å²) in [5.74, 6) is -0.309. The van der Waals surface area contributed by atoms with E-state index in [1.807, 2.05) is 0 Å². The largest absolute Gasteiger partial charge is 0.462 e. The summed E-state index contributed by atoms with van der Waals surface area (Å²) >= 11 is 1.12. The van der Waals surface area contributed by atoms with Crippen LogP contribution in [-0.2, 0) is 4.74 Å². The van der Waals surface area contributed by atoms with Gasteiger partial charge >= 0.3 is 5.97 Å². The number of rotatable bonds is 4. The molecule has 0 saturated carbocycles. The van der Waals surface area contributed by atoms with Crippen molar-refractivity contribution in [3.05, 3.63) is 40.7 Å². The molecule has 0 spiro atoms. The maximum atomic E-state index is 12.3. The lowest BCUT2D eigenvalue weighted by Gasteiger charge is -2.08. The topological polar surface area (TPSA) is 98.5 Å². The van der Waals surface area contributed by atoms with Crippen LogP contribution in [0.15, 0.2) is 24.3 Å². The van der Waals surface area contributed by atoms with Gasteiger partial charge < -0.3 is 10.1 Å². The summed E-state index contributed by atoms with van der Waals surface area (Å²) in [5, 5.41) is 14.9. The Bertz CT molecular complexity index is 886. The minimum atomic E-state index is -0.489. The van der Waals surface area contributed by atoms with E-state index in [2.05, 4.69) is 20.6 Å². The van der Waals surface area contributed by atoms with Gasteiger partial charge in [0, 0.05) is 0 Å². The molecule has 2 heterocycles. The van der Waals surface area contributed by atoms with Crippen molar-refractivity contribution >= 4 is 33.9 Å². The van der Waals surface area contributed by atoms with Crippen LogP contribution in [0.25, 0.3) is 4.96 Å². The smallest absolute Gasteiger partial charge is 0.340 e. The molecule has 0 atom stereocenters. The Morgan fingerprint density at radius 1 is 1.30 bits per heavy atom. The lowest BCUT2D eigenvalue weighted by molar-refractivity contribution is 0.0527. The molecule has 1 N–H and O–H groups in total. The van der Waals surface area contributed by atoms with Crippen molar-refractivity contribution in [2.75, 3.05) is 11.9 Å². The molecule has 118 valence electrons. The second-order valence-electron chi connectivity index (χ2n) is 4.57. The highest BCUT2D eigenvalue weighted by molar-refractivity contribution is 7.18. The number of anilines is 1. The minimum Gasteiger partial charge on any atom is -0.462 e. The molecule has 0 saturated heterocycles. The zero-order chi connectivity index (χ0) is 16.4. The van der Waals surface area contributed by atoms with E-state index in [0.717, 1.165) is 11.3 Å². The van der Waals surface area contributed by atoms with E-state index in [4.69, 9.17) is 4.74 Å². The maximum Gasteiger partial charge on any atom is 0.340 e. The number of aromatic nitrogens is 4. The normalized spacial score (nSPS) is 10.7. The van der Waals surface area contributed by atoms with Gasteiger partial charge in [-0.3, -0.25) is 4.79 Å². The molecule has 3 rings (SSSR count). The predicted octanol–water partition coefficient (Wildman–Crippen LogP) is 1.92. The summed E-state index contributed by atoms with van der Waals surface area (Å²) in [6, 6.07) is 6.65. The number of ether oxygens (including phenoxy) is 1. The number of nitrogens with one attached hydrogen (secondary N) is 1. The van der Waals surface area contributed by atoms with Crippen molar-refractivity contribution in [2.24, 2.45) is 0 Å². The van der Waals surface area contributed by atoms with Crippen LogP contribution in [0.5, 0.6) is 0 Å². The number of hydrogen-bond acceptors (Lipinski definition) is 7. The highest BCUT2D eigenvalue weighted by Gasteiger charge is 2.18. The molecule has 1 amide bonds. The van der Waals surface area contributed by atoms with Gasteiger partial charge in [-0.15, -0.1) is 15.3 Å². The highest BCUT2D eigenvalue weighted by atomic mass is 32.1. The number of aryl methyl sites for hydroxylation is 1. The molecule has 23 heavy (non-hydrogen) atoms. The minimum absolute atomic E-state index is 0.233. The van der Waals surface area contributed by atoms with Gasteiger partial charge in [0.05, 0.1) is 17.9 Å². The van der Waals surface area contributed by atoms with Gasteiger partial charge in [0.15, 0.2) is 5.82 Å². The molecule has 0 aliphatic rings. The molecule has 0 unspecified atom stereocenters. The van der Waals surface area contributed by atoms with Crippen LogP contribution in [0.3, 0.4) is 0 Å². The lowest BCUT2D eigenvalue weighted by atomic mass is 10.2. The molecule has 0 bridgehead atoms. The number of esters is 1. The van der Waals surface area contributed by atoms with Crippen LogP contribution < -0.4 is 5.32 Å². The Hall–Kier alpha value is -2.81. The molecule has 8 nitrogen and oxygen atoms in total. The molecule has 0 aliphatic carbocycles. The predicted molar refractivity (Wildman–Crippen MR) is 83.7 cm³/mol. The van der Waals surface area contributed by atoms with Crippen LogP contribution in [-0.4, -0.2) is 38.3 Å². The fraction of sp³-hybridized carbons (Fsp3) is 0.214. The third-order valence-electron chi connectivity index (χ3n) is 3.01. The zero-order valence-electron chi connectivity index (χ0n) is 12.4. The first-order valence-corrected chi connectivity index (χ1v) is 7.68. The Kier molecular flexibility index (Phi) is 4.02. The number of amides is 1. The van der Waals surface area contributed by atoms with Crippen molar-refractivity contribution in [1.82, 2.24) is 19.8 Å². The standard InChI is InChI=1S/C14H13N5O3S/c1-3-22-13(21)9-6-4-5-7-10(9)15-11(20)12-18-19-8(2)16-17-14(19)23-12/h4-7H,3H2,1-2H3,(H,15,20). The van der Waals surface area contributed by atoms with E-state index < -0.39 is 11.9 Å². The van der Waals surface area contributed by atoms with E-state index in [1.54, 1.807) is 38.1 Å². The first kappa shape index (κ1) is 15.1. The summed E-state index contributed by atoms with van der Waals surface area (Å²) in [4.78, 5) is 24.8. The van der Waals surface area contributed by atoms with Crippen LogP contribution in [0, 0.1) is 6.92 Å². The van der Waals surface area contributed by atoms with Gasteiger partial charge in [0.2, 0.25) is 9.97 Å². The first-order valence-electron chi connectivity index (χ1n) is 6.86. The van der Waals surface area contributed by atoms with E-state index in [0.29, 0.717) is 22.0 Å². The zero-order valence-corrected chi connectivity index (χ0v) is 13.3. The summed E-state index contributed by atoms with van der Waals surface area (Å²) in [7, 11) is 0. The molecule has 0 radical (unpaired) electrons. The molecule has 0 aliphatic heterocycles. The quantitative estimate of drug-likeness (QED) is 0.733. The van der Waals surface area contributed by atoms with Crippen molar-refractivity contribution < 1.29 is 14.3 Å². The first-order chi connectivity index (χ1) is 11.1. The lowest BCUT2D eigenvalue weighted by Crippen LogP contribution is -2.16. The third-order valence-corrected chi connectivity index (χ3v) is 3.91. The van der Waals surface area contributed by atoms with Crippen molar-refractivity contribution in [1.29, 1.82) is 0 Å². The SMILES string of the molecule is CCOC(=O)c1ccccc1NC(=O)c1nn2c(C)nnc2s1. The molecule has 2 aromatic heterocycles. The summed E-state index contributed by atoms with van der Waals surface area (Å²) in [6.07, 6.45) is 0. The summed E-state index contributed by atoms with van der Waals surface area (Å²) in [5.41, 5.74) is 0.667. The second-order valence-corrected chi connectivity index (χ2v) is 5.52. The highest BCUT2D eigenvalue weighted by Crippen LogP contribution is 2.19. The maximum absolute atomic E-state index is 12.3. The third kappa shape index (κ3) is 2.90. The van der Waals surface area contributed by atoms with E-state index >= 15 is 0 Å². The van der Waals surface area contributed by atoms with Crippen molar-refractivity contribution in [3.63, 3.8) is 0 Å². The van der Waals surface area contributed by atoms with Gasteiger partial charge in [-0.2, -0.15) is 4.52 Å². The second kappa shape index (κ2) is 6.13.